The fraction of sp³-hybridized carbons (Fsp3) is 0.160. The molecule has 6 heteroatoms. The summed E-state index contributed by atoms with van der Waals surface area (Å²) in [5.74, 6) is -0.710. The van der Waals surface area contributed by atoms with Gasteiger partial charge in [-0.05, 0) is 60.4 Å². The van der Waals surface area contributed by atoms with Crippen LogP contribution in [0.3, 0.4) is 0 Å². The number of benzene rings is 2. The molecule has 154 valence electrons. The van der Waals surface area contributed by atoms with Gasteiger partial charge in [0.2, 0.25) is 5.76 Å². The Balaban J connectivity index is 1.76. The first-order valence-corrected chi connectivity index (χ1v) is 9.97. The number of fused-ring (bicyclic) bond motifs is 2. The molecule has 5 rings (SSSR count). The standard InChI is InChI=1S/C25H19FN2O3/c1-14-10-15(2)23-19(11-14)22(29)20-21(17-5-7-18(26)8-6-17)28(25(30)24(20)31-23)13-16-4-3-9-27-12-16/h3-12,21H,13H2,1-2H3/t21-/m1/s1. The molecule has 0 bridgehead atoms. The maximum absolute atomic E-state index is 13.6. The van der Waals surface area contributed by atoms with Crippen molar-refractivity contribution in [3.63, 3.8) is 0 Å². The molecule has 0 spiro atoms. The van der Waals surface area contributed by atoms with Crippen LogP contribution >= 0.6 is 0 Å². The number of pyridine rings is 1. The summed E-state index contributed by atoms with van der Waals surface area (Å²) in [5.41, 5.74) is 3.67. The molecule has 0 aliphatic carbocycles. The molecule has 0 radical (unpaired) electrons. The van der Waals surface area contributed by atoms with E-state index < -0.39 is 6.04 Å². The van der Waals surface area contributed by atoms with Crippen LogP contribution in [0.15, 0.2) is 70.1 Å². The Kier molecular flexibility index (Phi) is 4.43. The molecule has 1 aliphatic heterocycles. The Labute approximate surface area is 177 Å². The normalized spacial score (nSPS) is 15.5. The zero-order valence-electron chi connectivity index (χ0n) is 17.1. The number of aromatic nitrogens is 1. The third-order valence-corrected chi connectivity index (χ3v) is 5.66. The average molecular weight is 414 g/mol. The maximum Gasteiger partial charge on any atom is 0.291 e. The van der Waals surface area contributed by atoms with Gasteiger partial charge in [0.15, 0.2) is 5.43 Å². The van der Waals surface area contributed by atoms with Gasteiger partial charge in [-0.15, -0.1) is 0 Å². The lowest BCUT2D eigenvalue weighted by Gasteiger charge is -2.25. The number of rotatable bonds is 3. The fourth-order valence-electron chi connectivity index (χ4n) is 4.32. The van der Waals surface area contributed by atoms with Crippen LogP contribution in [-0.2, 0) is 6.54 Å². The lowest BCUT2D eigenvalue weighted by Crippen LogP contribution is -2.29. The van der Waals surface area contributed by atoms with Gasteiger partial charge in [-0.25, -0.2) is 4.39 Å². The Bertz CT molecular complexity index is 1380. The minimum absolute atomic E-state index is 0.0441. The van der Waals surface area contributed by atoms with E-state index in [1.165, 1.54) is 12.1 Å². The van der Waals surface area contributed by atoms with Crippen LogP contribution in [0, 0.1) is 19.7 Å². The Morgan fingerprint density at radius 2 is 1.87 bits per heavy atom. The van der Waals surface area contributed by atoms with Gasteiger partial charge in [0.05, 0.1) is 17.0 Å². The van der Waals surface area contributed by atoms with Gasteiger partial charge in [-0.3, -0.25) is 14.6 Å². The van der Waals surface area contributed by atoms with Crippen molar-refractivity contribution in [2.75, 3.05) is 0 Å². The van der Waals surface area contributed by atoms with Gasteiger partial charge in [-0.1, -0.05) is 24.3 Å². The molecule has 4 aromatic rings. The first kappa shape index (κ1) is 19.2. The number of hydrogen-bond donors (Lipinski definition) is 0. The van der Waals surface area contributed by atoms with E-state index in [0.29, 0.717) is 16.5 Å². The molecular weight excluding hydrogens is 395 g/mol. The van der Waals surface area contributed by atoms with Crippen molar-refractivity contribution in [2.45, 2.75) is 26.4 Å². The predicted molar refractivity (Wildman–Crippen MR) is 114 cm³/mol. The van der Waals surface area contributed by atoms with Crippen molar-refractivity contribution in [2.24, 2.45) is 0 Å². The molecule has 1 aliphatic rings. The maximum atomic E-state index is 13.6. The molecule has 0 saturated carbocycles. The van der Waals surface area contributed by atoms with Gasteiger partial charge < -0.3 is 9.32 Å². The van der Waals surface area contributed by atoms with Crippen molar-refractivity contribution in [1.29, 1.82) is 0 Å². The quantitative estimate of drug-likeness (QED) is 0.488. The number of aryl methyl sites for hydroxylation is 2. The van der Waals surface area contributed by atoms with Gasteiger partial charge >= 0.3 is 0 Å². The third kappa shape index (κ3) is 3.11. The van der Waals surface area contributed by atoms with Gasteiger partial charge in [0.25, 0.3) is 5.91 Å². The van der Waals surface area contributed by atoms with Crippen LogP contribution in [0.1, 0.15) is 44.4 Å². The van der Waals surface area contributed by atoms with E-state index in [4.69, 9.17) is 4.42 Å². The van der Waals surface area contributed by atoms with E-state index in [1.807, 2.05) is 26.0 Å². The summed E-state index contributed by atoms with van der Waals surface area (Å²) < 4.78 is 19.6. The monoisotopic (exact) mass is 414 g/mol. The molecule has 0 fully saturated rings. The highest BCUT2D eigenvalue weighted by Crippen LogP contribution is 2.39. The van der Waals surface area contributed by atoms with Crippen molar-refractivity contribution < 1.29 is 13.6 Å². The Morgan fingerprint density at radius 1 is 1.10 bits per heavy atom. The minimum atomic E-state index is -0.676. The molecule has 31 heavy (non-hydrogen) atoms. The number of carbonyl (C=O) groups is 1. The summed E-state index contributed by atoms with van der Waals surface area (Å²) in [6.45, 7) is 4.01. The van der Waals surface area contributed by atoms with E-state index in [1.54, 1.807) is 41.6 Å². The first-order chi connectivity index (χ1) is 14.9. The molecular formula is C25H19FN2O3. The summed E-state index contributed by atoms with van der Waals surface area (Å²) in [6.07, 6.45) is 3.33. The van der Waals surface area contributed by atoms with Crippen molar-refractivity contribution >= 4 is 16.9 Å². The molecule has 3 heterocycles. The van der Waals surface area contributed by atoms with E-state index in [0.717, 1.165) is 16.7 Å². The highest BCUT2D eigenvalue weighted by Gasteiger charge is 2.42. The Morgan fingerprint density at radius 3 is 2.58 bits per heavy atom. The first-order valence-electron chi connectivity index (χ1n) is 9.97. The van der Waals surface area contributed by atoms with Gasteiger partial charge in [-0.2, -0.15) is 0 Å². The number of hydrogen-bond acceptors (Lipinski definition) is 4. The SMILES string of the molecule is Cc1cc(C)c2oc3c(c(=O)c2c1)[C@@H](c1ccc(F)cc1)N(Cc1cccnc1)C3=O. The van der Waals surface area contributed by atoms with E-state index in [2.05, 4.69) is 4.98 Å². The Hall–Kier alpha value is -3.80. The number of carbonyl (C=O) groups excluding carboxylic acids is 1. The fourth-order valence-corrected chi connectivity index (χ4v) is 4.32. The molecule has 2 aromatic heterocycles. The zero-order valence-corrected chi connectivity index (χ0v) is 17.1. The van der Waals surface area contributed by atoms with Gasteiger partial charge in [0.1, 0.15) is 11.4 Å². The minimum Gasteiger partial charge on any atom is -0.450 e. The molecule has 5 nitrogen and oxygen atoms in total. The third-order valence-electron chi connectivity index (χ3n) is 5.66. The van der Waals surface area contributed by atoms with Gasteiger partial charge in [0, 0.05) is 18.9 Å². The highest BCUT2D eigenvalue weighted by molar-refractivity contribution is 5.99. The van der Waals surface area contributed by atoms with E-state index in [-0.39, 0.29) is 35.0 Å². The molecule has 0 unspecified atom stereocenters. The summed E-state index contributed by atoms with van der Waals surface area (Å²) in [7, 11) is 0. The van der Waals surface area contributed by atoms with Crippen LogP contribution in [0.5, 0.6) is 0 Å². The van der Waals surface area contributed by atoms with Crippen LogP contribution in [0.25, 0.3) is 11.0 Å². The van der Waals surface area contributed by atoms with Crippen LogP contribution in [-0.4, -0.2) is 15.8 Å². The summed E-state index contributed by atoms with van der Waals surface area (Å²) in [5, 5.41) is 0.444. The van der Waals surface area contributed by atoms with Crippen LogP contribution in [0.2, 0.25) is 0 Å². The van der Waals surface area contributed by atoms with Crippen molar-refractivity contribution in [3.05, 3.63) is 111 Å². The molecule has 0 N–H and O–H groups in total. The van der Waals surface area contributed by atoms with Crippen LogP contribution < -0.4 is 5.43 Å². The molecule has 1 amide bonds. The van der Waals surface area contributed by atoms with Crippen LogP contribution in [0.4, 0.5) is 4.39 Å². The topological polar surface area (TPSA) is 63.4 Å². The summed E-state index contributed by atoms with van der Waals surface area (Å²) in [4.78, 5) is 32.7. The number of nitrogens with zero attached hydrogens (tertiary/aromatic N) is 2. The zero-order chi connectivity index (χ0) is 21.7. The smallest absolute Gasteiger partial charge is 0.291 e. The highest BCUT2D eigenvalue weighted by atomic mass is 19.1. The largest absolute Gasteiger partial charge is 0.450 e. The van der Waals surface area contributed by atoms with E-state index >= 15 is 0 Å². The second-order valence-corrected chi connectivity index (χ2v) is 7.88. The molecule has 2 aromatic carbocycles. The number of halogens is 1. The summed E-state index contributed by atoms with van der Waals surface area (Å²) >= 11 is 0. The second-order valence-electron chi connectivity index (χ2n) is 7.88. The molecule has 0 saturated heterocycles. The van der Waals surface area contributed by atoms with Crippen molar-refractivity contribution in [3.8, 4) is 0 Å². The lowest BCUT2D eigenvalue weighted by atomic mass is 9.97. The molecule has 1 atom stereocenters. The predicted octanol–water partition coefficient (Wildman–Crippen LogP) is 4.69. The average Bonchev–Trinajstić information content (AvgIpc) is 3.03. The summed E-state index contributed by atoms with van der Waals surface area (Å²) in [6, 6.07) is 12.5. The van der Waals surface area contributed by atoms with E-state index in [9.17, 15) is 14.0 Å². The number of amides is 1. The van der Waals surface area contributed by atoms with Crippen molar-refractivity contribution in [1.82, 2.24) is 9.88 Å². The second kappa shape index (κ2) is 7.16. The lowest BCUT2D eigenvalue weighted by molar-refractivity contribution is 0.0714.